The first-order valence-corrected chi connectivity index (χ1v) is 16.9. The number of hydrogen-bond donors (Lipinski definition) is 0. The highest BCUT2D eigenvalue weighted by atomic mass is 19.1. The molecule has 0 amide bonds. The smallest absolute Gasteiger partial charge is 0.164 e. The molecule has 5 nitrogen and oxygen atoms in total. The van der Waals surface area contributed by atoms with Crippen LogP contribution in [0, 0.1) is 11.6 Å². The number of benzene rings is 7. The average Bonchev–Trinajstić information content (AvgIpc) is 3.73. The first-order chi connectivity index (χ1) is 25.6. The van der Waals surface area contributed by atoms with Crippen LogP contribution in [0.25, 0.3) is 94.7 Å². The lowest BCUT2D eigenvalue weighted by Crippen LogP contribution is -2.00. The summed E-state index contributed by atoms with van der Waals surface area (Å²) in [4.78, 5) is 14.9. The Balaban J connectivity index is 1.16. The Bertz CT molecular complexity index is 2910. The Hall–Kier alpha value is -6.99. The molecule has 0 unspecified atom stereocenters. The lowest BCUT2D eigenvalue weighted by Gasteiger charge is -2.09. The lowest BCUT2D eigenvalue weighted by atomic mass is 9.99. The van der Waals surface area contributed by atoms with E-state index in [0.717, 1.165) is 77.6 Å². The molecule has 7 heteroatoms. The van der Waals surface area contributed by atoms with Gasteiger partial charge in [-0.2, -0.15) is 0 Å². The van der Waals surface area contributed by atoms with Crippen LogP contribution in [0.4, 0.5) is 8.78 Å². The van der Waals surface area contributed by atoms with Crippen LogP contribution in [0.3, 0.4) is 0 Å². The van der Waals surface area contributed by atoms with E-state index in [4.69, 9.17) is 19.4 Å². The van der Waals surface area contributed by atoms with E-state index in [1.54, 1.807) is 0 Å². The standard InChI is InChI=1S/C45H26F2N4O/c46-31-24-32(47)26-33(25-31)51-38-16-8-7-14-34(38)36-22-29(18-20-39(36)51)30-19-21-40-37(23-30)42-35(15-9-17-41(42)52-40)45-49-43(27-10-3-1-4-11-27)48-44(50-45)28-12-5-2-6-13-28/h1-26H. The molecule has 0 saturated heterocycles. The quantitative estimate of drug-likeness (QED) is 0.182. The van der Waals surface area contributed by atoms with Crippen molar-refractivity contribution in [2.24, 2.45) is 0 Å². The minimum absolute atomic E-state index is 0.430. The van der Waals surface area contributed by atoms with E-state index in [0.29, 0.717) is 23.2 Å². The molecule has 3 heterocycles. The summed E-state index contributed by atoms with van der Waals surface area (Å²) < 4.78 is 37.1. The fourth-order valence-corrected chi connectivity index (χ4v) is 7.22. The first-order valence-electron chi connectivity index (χ1n) is 16.9. The van der Waals surface area contributed by atoms with Gasteiger partial charge in [0.05, 0.1) is 16.7 Å². The van der Waals surface area contributed by atoms with Crippen molar-refractivity contribution in [1.29, 1.82) is 0 Å². The highest BCUT2D eigenvalue weighted by Crippen LogP contribution is 2.40. The third kappa shape index (κ3) is 4.94. The summed E-state index contributed by atoms with van der Waals surface area (Å²) in [5, 5.41) is 3.81. The maximum Gasteiger partial charge on any atom is 0.164 e. The Labute approximate surface area is 296 Å². The molecule has 0 radical (unpaired) electrons. The van der Waals surface area contributed by atoms with Crippen molar-refractivity contribution in [3.63, 3.8) is 0 Å². The van der Waals surface area contributed by atoms with Gasteiger partial charge in [0.2, 0.25) is 0 Å². The van der Waals surface area contributed by atoms with Gasteiger partial charge >= 0.3 is 0 Å². The molecule has 52 heavy (non-hydrogen) atoms. The predicted octanol–water partition coefficient (Wildman–Crippen LogP) is 11.8. The third-order valence-corrected chi connectivity index (χ3v) is 9.55. The second kappa shape index (κ2) is 11.8. The van der Waals surface area contributed by atoms with Crippen LogP contribution in [0.2, 0.25) is 0 Å². The molecular formula is C45H26F2N4O. The summed E-state index contributed by atoms with van der Waals surface area (Å²) in [5.41, 5.74) is 8.24. The van der Waals surface area contributed by atoms with Gasteiger partial charge in [0.1, 0.15) is 22.8 Å². The largest absolute Gasteiger partial charge is 0.456 e. The lowest BCUT2D eigenvalue weighted by molar-refractivity contribution is 0.582. The topological polar surface area (TPSA) is 56.7 Å². The van der Waals surface area contributed by atoms with Crippen LogP contribution in [0.5, 0.6) is 0 Å². The van der Waals surface area contributed by atoms with Gasteiger partial charge in [-0.3, -0.25) is 0 Å². The van der Waals surface area contributed by atoms with Crippen LogP contribution >= 0.6 is 0 Å². The van der Waals surface area contributed by atoms with Gasteiger partial charge in [0, 0.05) is 44.3 Å². The van der Waals surface area contributed by atoms with Crippen LogP contribution in [-0.4, -0.2) is 19.5 Å². The molecule has 0 aliphatic rings. The zero-order valence-corrected chi connectivity index (χ0v) is 27.5. The Morgan fingerprint density at radius 2 is 1.02 bits per heavy atom. The molecule has 3 aromatic heterocycles. The van der Waals surface area contributed by atoms with E-state index in [1.807, 2.05) is 126 Å². The monoisotopic (exact) mass is 676 g/mol. The van der Waals surface area contributed by atoms with Crippen LogP contribution in [0.15, 0.2) is 162 Å². The molecule has 0 aliphatic heterocycles. The Morgan fingerprint density at radius 1 is 0.423 bits per heavy atom. The zero-order chi connectivity index (χ0) is 34.8. The van der Waals surface area contributed by atoms with Crippen molar-refractivity contribution in [2.75, 3.05) is 0 Å². The SMILES string of the molecule is Fc1cc(F)cc(-n2c3ccccc3c3cc(-c4ccc5oc6cccc(-c7nc(-c8ccccc8)nc(-c8ccccc8)n7)c6c5c4)ccc32)c1. The minimum atomic E-state index is -0.623. The summed E-state index contributed by atoms with van der Waals surface area (Å²) in [6.45, 7) is 0. The average molecular weight is 677 g/mol. The predicted molar refractivity (Wildman–Crippen MR) is 203 cm³/mol. The fraction of sp³-hybridized carbons (Fsp3) is 0. The summed E-state index contributed by atoms with van der Waals surface area (Å²) in [5.74, 6) is 0.478. The summed E-state index contributed by atoms with van der Waals surface area (Å²) in [7, 11) is 0. The molecule has 0 bridgehead atoms. The second-order valence-corrected chi connectivity index (χ2v) is 12.7. The van der Waals surface area contributed by atoms with Gasteiger partial charge < -0.3 is 8.98 Å². The number of nitrogens with zero attached hydrogens (tertiary/aromatic N) is 4. The van der Waals surface area contributed by atoms with Crippen molar-refractivity contribution in [3.8, 4) is 51.0 Å². The summed E-state index contributed by atoms with van der Waals surface area (Å²) in [6.07, 6.45) is 0. The molecule has 0 spiro atoms. The summed E-state index contributed by atoms with van der Waals surface area (Å²) >= 11 is 0. The maximum absolute atomic E-state index is 14.4. The number of para-hydroxylation sites is 1. The van der Waals surface area contributed by atoms with E-state index < -0.39 is 11.6 Å². The van der Waals surface area contributed by atoms with Crippen molar-refractivity contribution in [1.82, 2.24) is 19.5 Å². The van der Waals surface area contributed by atoms with Crippen molar-refractivity contribution in [2.45, 2.75) is 0 Å². The number of furan rings is 1. The highest BCUT2D eigenvalue weighted by Gasteiger charge is 2.19. The van der Waals surface area contributed by atoms with Crippen LogP contribution in [-0.2, 0) is 0 Å². The van der Waals surface area contributed by atoms with Gasteiger partial charge in [-0.25, -0.2) is 23.7 Å². The maximum atomic E-state index is 14.4. The Kier molecular flexibility index (Phi) is 6.79. The number of halogens is 2. The van der Waals surface area contributed by atoms with E-state index in [1.165, 1.54) is 12.1 Å². The van der Waals surface area contributed by atoms with E-state index >= 15 is 0 Å². The van der Waals surface area contributed by atoms with Gasteiger partial charge in [-0.15, -0.1) is 0 Å². The molecule has 246 valence electrons. The minimum Gasteiger partial charge on any atom is -0.456 e. The number of aromatic nitrogens is 4. The molecule has 0 N–H and O–H groups in total. The summed E-state index contributed by atoms with van der Waals surface area (Å²) in [6, 6.07) is 49.7. The first kappa shape index (κ1) is 29.9. The molecule has 0 atom stereocenters. The molecule has 10 rings (SSSR count). The normalized spacial score (nSPS) is 11.7. The van der Waals surface area contributed by atoms with E-state index in [9.17, 15) is 8.78 Å². The number of rotatable bonds is 5. The highest BCUT2D eigenvalue weighted by molar-refractivity contribution is 6.14. The van der Waals surface area contributed by atoms with E-state index in [2.05, 4.69) is 18.2 Å². The van der Waals surface area contributed by atoms with Crippen molar-refractivity contribution in [3.05, 3.63) is 169 Å². The molecule has 7 aromatic carbocycles. The molecule has 10 aromatic rings. The van der Waals surface area contributed by atoms with Crippen LogP contribution in [0.1, 0.15) is 0 Å². The number of hydrogen-bond acceptors (Lipinski definition) is 4. The van der Waals surface area contributed by atoms with Crippen LogP contribution < -0.4 is 0 Å². The van der Waals surface area contributed by atoms with E-state index in [-0.39, 0.29) is 0 Å². The fourth-order valence-electron chi connectivity index (χ4n) is 7.22. The Morgan fingerprint density at radius 3 is 1.73 bits per heavy atom. The van der Waals surface area contributed by atoms with Gasteiger partial charge in [0.25, 0.3) is 0 Å². The molecule has 0 fully saturated rings. The molecule has 0 saturated carbocycles. The van der Waals surface area contributed by atoms with Crippen molar-refractivity contribution >= 4 is 43.7 Å². The van der Waals surface area contributed by atoms with Gasteiger partial charge in [-0.05, 0) is 59.7 Å². The van der Waals surface area contributed by atoms with Crippen molar-refractivity contribution < 1.29 is 13.2 Å². The van der Waals surface area contributed by atoms with Gasteiger partial charge in [-0.1, -0.05) is 103 Å². The molecule has 0 aliphatic carbocycles. The second-order valence-electron chi connectivity index (χ2n) is 12.7. The van der Waals surface area contributed by atoms with Gasteiger partial charge in [0.15, 0.2) is 17.5 Å². The third-order valence-electron chi connectivity index (χ3n) is 9.55. The number of fused-ring (bicyclic) bond motifs is 6. The zero-order valence-electron chi connectivity index (χ0n) is 27.5. The molecular weight excluding hydrogens is 651 g/mol.